The van der Waals surface area contributed by atoms with Crippen LogP contribution in [0.1, 0.15) is 5.76 Å². The Morgan fingerprint density at radius 1 is 1.47 bits per heavy atom. The van der Waals surface area contributed by atoms with Gasteiger partial charge in [0.2, 0.25) is 5.82 Å². The molecule has 8 nitrogen and oxygen atoms in total. The molecule has 2 aromatic heterocycles. The van der Waals surface area contributed by atoms with Gasteiger partial charge in [-0.15, -0.1) is 0 Å². The van der Waals surface area contributed by atoms with Crippen LogP contribution in [0.2, 0.25) is 0 Å². The average molecular weight is 235 g/mol. The molecule has 2 rings (SSSR count). The molecule has 0 amide bonds. The number of nitrogens with one attached hydrogen (secondary N) is 1. The van der Waals surface area contributed by atoms with Crippen molar-refractivity contribution in [2.24, 2.45) is 0 Å². The lowest BCUT2D eigenvalue weighted by Crippen LogP contribution is -2.05. The van der Waals surface area contributed by atoms with Crippen molar-refractivity contribution in [1.29, 1.82) is 0 Å². The third kappa shape index (κ3) is 2.48. The molecule has 0 aliphatic carbocycles. The second-order valence-electron chi connectivity index (χ2n) is 3.19. The summed E-state index contributed by atoms with van der Waals surface area (Å²) in [7, 11) is 0. The summed E-state index contributed by atoms with van der Waals surface area (Å²) in [6.07, 6.45) is 1.48. The number of nitrogens with zero attached hydrogens (tertiary/aromatic N) is 3. The summed E-state index contributed by atoms with van der Waals surface area (Å²) in [5.41, 5.74) is 5.33. The predicted molar refractivity (Wildman–Crippen MR) is 59.1 cm³/mol. The number of anilines is 2. The number of rotatable bonds is 4. The Bertz CT molecular complexity index is 525. The van der Waals surface area contributed by atoms with Crippen LogP contribution in [0.25, 0.3) is 0 Å². The number of hydrogen-bond acceptors (Lipinski definition) is 7. The zero-order chi connectivity index (χ0) is 12.3. The number of nitrogens with two attached hydrogens (primary N) is 1. The van der Waals surface area contributed by atoms with Gasteiger partial charge in [0.05, 0.1) is 17.7 Å². The van der Waals surface area contributed by atoms with Crippen molar-refractivity contribution in [3.05, 3.63) is 40.3 Å². The van der Waals surface area contributed by atoms with Crippen molar-refractivity contribution in [1.82, 2.24) is 10.1 Å². The predicted octanol–water partition coefficient (Wildman–Crippen LogP) is 1.17. The number of nitrogen functional groups attached to an aromatic ring is 1. The Morgan fingerprint density at radius 2 is 2.29 bits per heavy atom. The fraction of sp³-hybridized carbons (Fsp3) is 0.111. The van der Waals surface area contributed by atoms with Gasteiger partial charge in [-0.05, 0) is 6.07 Å². The van der Waals surface area contributed by atoms with Crippen LogP contribution in [0.3, 0.4) is 0 Å². The normalized spacial score (nSPS) is 10.1. The molecule has 8 heteroatoms. The van der Waals surface area contributed by atoms with Crippen molar-refractivity contribution < 1.29 is 9.45 Å². The average Bonchev–Trinajstić information content (AvgIpc) is 2.78. The maximum Gasteiger partial charge on any atom is 0.311 e. The molecular formula is C9H9N5O3. The molecule has 2 heterocycles. The van der Waals surface area contributed by atoms with Crippen LogP contribution in [0.5, 0.6) is 0 Å². The van der Waals surface area contributed by atoms with Gasteiger partial charge in [-0.1, -0.05) is 5.16 Å². The van der Waals surface area contributed by atoms with Crippen molar-refractivity contribution >= 4 is 17.3 Å². The van der Waals surface area contributed by atoms with Crippen LogP contribution < -0.4 is 11.1 Å². The highest BCUT2D eigenvalue weighted by Crippen LogP contribution is 2.23. The maximum atomic E-state index is 10.7. The molecule has 0 unspecified atom stereocenters. The summed E-state index contributed by atoms with van der Waals surface area (Å²) in [4.78, 5) is 14.1. The van der Waals surface area contributed by atoms with E-state index in [0.29, 0.717) is 5.76 Å². The molecule has 0 aliphatic heterocycles. The molecule has 0 spiro atoms. The standard InChI is InChI=1S/C9H9N5O3/c10-8-2-1-7(14(15)16)9(13-8)11-5-6-3-4-12-17-6/h1-4H,5H2,(H3,10,11,13). The molecule has 3 N–H and O–H groups in total. The van der Waals surface area contributed by atoms with Crippen LogP contribution in [0, 0.1) is 10.1 Å². The molecule has 88 valence electrons. The fourth-order valence-electron chi connectivity index (χ4n) is 1.25. The second kappa shape index (κ2) is 4.47. The summed E-state index contributed by atoms with van der Waals surface area (Å²) in [5.74, 6) is 0.852. The monoisotopic (exact) mass is 235 g/mol. The Labute approximate surface area is 95.6 Å². The van der Waals surface area contributed by atoms with E-state index in [-0.39, 0.29) is 23.9 Å². The van der Waals surface area contributed by atoms with E-state index < -0.39 is 4.92 Å². The van der Waals surface area contributed by atoms with Crippen LogP contribution in [0.4, 0.5) is 17.3 Å². The lowest BCUT2D eigenvalue weighted by Gasteiger charge is -2.04. The van der Waals surface area contributed by atoms with Gasteiger partial charge in [-0.2, -0.15) is 0 Å². The van der Waals surface area contributed by atoms with E-state index in [1.807, 2.05) is 0 Å². The number of hydrogen-bond donors (Lipinski definition) is 2. The lowest BCUT2D eigenvalue weighted by molar-refractivity contribution is -0.384. The lowest BCUT2D eigenvalue weighted by atomic mass is 10.3. The zero-order valence-corrected chi connectivity index (χ0v) is 8.66. The topological polar surface area (TPSA) is 120 Å². The molecule has 0 aliphatic rings. The van der Waals surface area contributed by atoms with E-state index in [1.54, 1.807) is 6.07 Å². The summed E-state index contributed by atoms with van der Waals surface area (Å²) >= 11 is 0. The van der Waals surface area contributed by atoms with Crippen LogP contribution >= 0.6 is 0 Å². The Balaban J connectivity index is 2.19. The molecular weight excluding hydrogens is 226 g/mol. The minimum atomic E-state index is -0.533. The highest BCUT2D eigenvalue weighted by atomic mass is 16.6. The summed E-state index contributed by atoms with van der Waals surface area (Å²) < 4.78 is 4.84. The van der Waals surface area contributed by atoms with Gasteiger partial charge in [-0.3, -0.25) is 10.1 Å². The largest absolute Gasteiger partial charge is 0.384 e. The molecule has 0 saturated heterocycles. The van der Waals surface area contributed by atoms with Crippen molar-refractivity contribution in [2.45, 2.75) is 6.54 Å². The molecule has 0 radical (unpaired) electrons. The number of aromatic nitrogens is 2. The Hall–Kier alpha value is -2.64. The van der Waals surface area contributed by atoms with Gasteiger partial charge in [0.25, 0.3) is 0 Å². The summed E-state index contributed by atoms with van der Waals surface area (Å²) in [6.45, 7) is 0.247. The van der Waals surface area contributed by atoms with Crippen LogP contribution in [-0.2, 0) is 6.54 Å². The second-order valence-corrected chi connectivity index (χ2v) is 3.19. The Kier molecular flexibility index (Phi) is 2.86. The number of pyridine rings is 1. The first-order valence-electron chi connectivity index (χ1n) is 4.71. The van der Waals surface area contributed by atoms with E-state index in [0.717, 1.165) is 0 Å². The molecule has 0 atom stereocenters. The minimum absolute atomic E-state index is 0.103. The molecule has 0 fully saturated rings. The summed E-state index contributed by atoms with van der Waals surface area (Å²) in [5, 5.41) is 17.0. The minimum Gasteiger partial charge on any atom is -0.384 e. The van der Waals surface area contributed by atoms with Gasteiger partial charge < -0.3 is 15.6 Å². The van der Waals surface area contributed by atoms with Gasteiger partial charge in [0.15, 0.2) is 5.76 Å². The molecule has 2 aromatic rings. The van der Waals surface area contributed by atoms with Crippen molar-refractivity contribution in [3.63, 3.8) is 0 Å². The van der Waals surface area contributed by atoms with E-state index in [4.69, 9.17) is 10.3 Å². The maximum absolute atomic E-state index is 10.7. The van der Waals surface area contributed by atoms with Gasteiger partial charge in [0, 0.05) is 12.1 Å². The third-order valence-corrected chi connectivity index (χ3v) is 2.01. The van der Waals surface area contributed by atoms with Gasteiger partial charge >= 0.3 is 5.69 Å². The molecule has 0 saturated carbocycles. The van der Waals surface area contributed by atoms with Gasteiger partial charge in [0.1, 0.15) is 5.82 Å². The Morgan fingerprint density at radius 3 is 2.94 bits per heavy atom. The van der Waals surface area contributed by atoms with Crippen molar-refractivity contribution in [3.8, 4) is 0 Å². The molecule has 0 aromatic carbocycles. The van der Waals surface area contributed by atoms with Gasteiger partial charge in [-0.25, -0.2) is 4.98 Å². The fourth-order valence-corrected chi connectivity index (χ4v) is 1.25. The number of nitro groups is 1. The molecule has 0 bridgehead atoms. The van der Waals surface area contributed by atoms with Crippen molar-refractivity contribution in [2.75, 3.05) is 11.1 Å². The smallest absolute Gasteiger partial charge is 0.311 e. The van der Waals surface area contributed by atoms with E-state index in [1.165, 1.54) is 18.3 Å². The van der Waals surface area contributed by atoms with E-state index in [2.05, 4.69) is 15.5 Å². The molecule has 17 heavy (non-hydrogen) atoms. The van der Waals surface area contributed by atoms with Crippen LogP contribution in [0.15, 0.2) is 28.9 Å². The van der Waals surface area contributed by atoms with E-state index in [9.17, 15) is 10.1 Å². The van der Waals surface area contributed by atoms with Crippen LogP contribution in [-0.4, -0.2) is 15.1 Å². The first-order valence-corrected chi connectivity index (χ1v) is 4.71. The summed E-state index contributed by atoms with van der Waals surface area (Å²) in [6, 6.07) is 4.31. The highest BCUT2D eigenvalue weighted by Gasteiger charge is 2.15. The third-order valence-electron chi connectivity index (χ3n) is 2.01. The SMILES string of the molecule is Nc1ccc([N+](=O)[O-])c(NCc2ccno2)n1. The quantitative estimate of drug-likeness (QED) is 0.602. The first-order chi connectivity index (χ1) is 8.16. The highest BCUT2D eigenvalue weighted by molar-refractivity contribution is 5.59. The zero-order valence-electron chi connectivity index (χ0n) is 8.66. The first kappa shape index (κ1) is 10.9. The van der Waals surface area contributed by atoms with E-state index >= 15 is 0 Å².